The zero-order valence-corrected chi connectivity index (χ0v) is 11.6. The van der Waals surface area contributed by atoms with Crippen LogP contribution in [0.15, 0.2) is 41.4 Å². The molecule has 0 aliphatic rings. The molecule has 19 heavy (non-hydrogen) atoms. The van der Waals surface area contributed by atoms with Crippen LogP contribution in [0, 0.1) is 0 Å². The average molecular weight is 280 g/mol. The van der Waals surface area contributed by atoms with Crippen LogP contribution in [-0.2, 0) is 23.6 Å². The van der Waals surface area contributed by atoms with Gasteiger partial charge in [0.25, 0.3) is 0 Å². The molecule has 2 N–H and O–H groups in total. The van der Waals surface area contributed by atoms with E-state index in [1.54, 1.807) is 35.1 Å². The predicted molar refractivity (Wildman–Crippen MR) is 73.2 cm³/mol. The summed E-state index contributed by atoms with van der Waals surface area (Å²) in [6.07, 6.45) is 1.74. The van der Waals surface area contributed by atoms with E-state index >= 15 is 0 Å². The van der Waals surface area contributed by atoms with Crippen molar-refractivity contribution in [1.29, 1.82) is 0 Å². The molecule has 102 valence electrons. The van der Waals surface area contributed by atoms with E-state index in [1.807, 2.05) is 13.1 Å². The second kappa shape index (κ2) is 5.41. The second-order valence-corrected chi connectivity index (χ2v) is 5.92. The largest absolute Gasteiger partial charge is 0.379 e. The molecule has 2 rings (SSSR count). The second-order valence-electron chi connectivity index (χ2n) is 4.03. The fraction of sp³-hybridized carbons (Fsp3) is 0.250. The molecule has 1 heterocycles. The van der Waals surface area contributed by atoms with Crippen molar-refractivity contribution in [3.05, 3.63) is 42.2 Å². The summed E-state index contributed by atoms with van der Waals surface area (Å²) in [5.74, 6) is 0. The van der Waals surface area contributed by atoms with Gasteiger partial charge in [-0.25, -0.2) is 13.1 Å². The van der Waals surface area contributed by atoms with Crippen molar-refractivity contribution in [2.75, 3.05) is 12.4 Å². The van der Waals surface area contributed by atoms with E-state index in [4.69, 9.17) is 0 Å². The van der Waals surface area contributed by atoms with Gasteiger partial charge < -0.3 is 5.32 Å². The number of hydrogen-bond donors (Lipinski definition) is 2. The van der Waals surface area contributed by atoms with Gasteiger partial charge in [-0.05, 0) is 37.4 Å². The van der Waals surface area contributed by atoms with Gasteiger partial charge in [-0.15, -0.1) is 0 Å². The quantitative estimate of drug-likeness (QED) is 0.854. The molecule has 0 saturated carbocycles. The first-order valence-electron chi connectivity index (χ1n) is 5.77. The van der Waals surface area contributed by atoms with Gasteiger partial charge in [-0.3, -0.25) is 4.68 Å². The highest BCUT2D eigenvalue weighted by Crippen LogP contribution is 2.14. The van der Waals surface area contributed by atoms with Gasteiger partial charge in [-0.2, -0.15) is 5.10 Å². The van der Waals surface area contributed by atoms with Crippen molar-refractivity contribution in [3.8, 4) is 0 Å². The topological polar surface area (TPSA) is 76.0 Å². The summed E-state index contributed by atoms with van der Waals surface area (Å²) in [7, 11) is -0.104. The smallest absolute Gasteiger partial charge is 0.240 e. The fourth-order valence-electron chi connectivity index (χ4n) is 1.64. The molecule has 1 aromatic carbocycles. The number of benzene rings is 1. The SMILES string of the molecule is CNS(=O)(=O)c1ccc(NCc2ccnn2C)cc1. The number of sulfonamides is 1. The monoisotopic (exact) mass is 280 g/mol. The third kappa shape index (κ3) is 3.12. The van der Waals surface area contributed by atoms with Gasteiger partial charge in [0.05, 0.1) is 17.1 Å². The Kier molecular flexibility index (Phi) is 3.87. The average Bonchev–Trinajstić information content (AvgIpc) is 2.82. The van der Waals surface area contributed by atoms with Crippen LogP contribution in [0.25, 0.3) is 0 Å². The Bertz CT molecular complexity index is 647. The lowest BCUT2D eigenvalue weighted by molar-refractivity contribution is 0.588. The molecule has 0 atom stereocenters. The molecule has 1 aromatic heterocycles. The van der Waals surface area contributed by atoms with E-state index in [1.165, 1.54) is 7.05 Å². The van der Waals surface area contributed by atoms with Gasteiger partial charge >= 0.3 is 0 Å². The van der Waals surface area contributed by atoms with Crippen LogP contribution in [0.4, 0.5) is 5.69 Å². The minimum atomic E-state index is -3.37. The first-order valence-corrected chi connectivity index (χ1v) is 7.25. The van der Waals surface area contributed by atoms with E-state index in [0.29, 0.717) is 6.54 Å². The summed E-state index contributed by atoms with van der Waals surface area (Å²) < 4.78 is 27.2. The molecule has 0 spiro atoms. The third-order valence-electron chi connectivity index (χ3n) is 2.83. The number of aromatic nitrogens is 2. The number of nitrogens with zero attached hydrogens (tertiary/aromatic N) is 2. The number of nitrogens with one attached hydrogen (secondary N) is 2. The highest BCUT2D eigenvalue weighted by molar-refractivity contribution is 7.89. The van der Waals surface area contributed by atoms with Crippen LogP contribution >= 0.6 is 0 Å². The first kappa shape index (κ1) is 13.6. The number of anilines is 1. The zero-order valence-electron chi connectivity index (χ0n) is 10.8. The van der Waals surface area contributed by atoms with Gasteiger partial charge in [-0.1, -0.05) is 0 Å². The summed E-state index contributed by atoms with van der Waals surface area (Å²) >= 11 is 0. The number of aryl methyl sites for hydroxylation is 1. The molecule has 0 aliphatic carbocycles. The van der Waals surface area contributed by atoms with Gasteiger partial charge in [0.1, 0.15) is 0 Å². The van der Waals surface area contributed by atoms with Crippen molar-refractivity contribution >= 4 is 15.7 Å². The highest BCUT2D eigenvalue weighted by atomic mass is 32.2. The maximum absolute atomic E-state index is 11.6. The minimum Gasteiger partial charge on any atom is -0.379 e. The number of hydrogen-bond acceptors (Lipinski definition) is 4. The van der Waals surface area contributed by atoms with E-state index in [0.717, 1.165) is 11.4 Å². The van der Waals surface area contributed by atoms with E-state index in [9.17, 15) is 8.42 Å². The van der Waals surface area contributed by atoms with Crippen LogP contribution in [-0.4, -0.2) is 25.2 Å². The summed E-state index contributed by atoms with van der Waals surface area (Å²) in [5, 5.41) is 7.28. The van der Waals surface area contributed by atoms with Crippen LogP contribution in [0.5, 0.6) is 0 Å². The normalized spacial score (nSPS) is 11.5. The maximum Gasteiger partial charge on any atom is 0.240 e. The number of rotatable bonds is 5. The standard InChI is InChI=1S/C12H16N4O2S/c1-13-19(17,18)12-5-3-10(4-6-12)14-9-11-7-8-15-16(11)2/h3-8,13-14H,9H2,1-2H3. The molecule has 0 saturated heterocycles. The zero-order chi connectivity index (χ0) is 13.9. The van der Waals surface area contributed by atoms with Gasteiger partial charge in [0, 0.05) is 18.9 Å². The molecule has 0 unspecified atom stereocenters. The van der Waals surface area contributed by atoms with Crippen LogP contribution in [0.3, 0.4) is 0 Å². The molecule has 2 aromatic rings. The third-order valence-corrected chi connectivity index (χ3v) is 4.26. The van der Waals surface area contributed by atoms with E-state index < -0.39 is 10.0 Å². The molecule has 0 radical (unpaired) electrons. The lowest BCUT2D eigenvalue weighted by Gasteiger charge is -2.08. The Labute approximate surface area is 112 Å². The maximum atomic E-state index is 11.6. The van der Waals surface area contributed by atoms with Crippen molar-refractivity contribution in [3.63, 3.8) is 0 Å². The lowest BCUT2D eigenvalue weighted by atomic mass is 10.3. The van der Waals surface area contributed by atoms with Gasteiger partial charge in [0.15, 0.2) is 0 Å². The van der Waals surface area contributed by atoms with Crippen molar-refractivity contribution in [1.82, 2.24) is 14.5 Å². The van der Waals surface area contributed by atoms with Crippen LogP contribution < -0.4 is 10.0 Å². The molecule has 0 fully saturated rings. The molecular formula is C12H16N4O2S. The molecule has 6 nitrogen and oxygen atoms in total. The van der Waals surface area contributed by atoms with Crippen LogP contribution in [0.1, 0.15) is 5.69 Å². The Morgan fingerprint density at radius 3 is 2.42 bits per heavy atom. The molecule has 0 bridgehead atoms. The molecule has 0 aliphatic heterocycles. The van der Waals surface area contributed by atoms with E-state index in [2.05, 4.69) is 15.1 Å². The van der Waals surface area contributed by atoms with Crippen LogP contribution in [0.2, 0.25) is 0 Å². The van der Waals surface area contributed by atoms with Crippen molar-refractivity contribution < 1.29 is 8.42 Å². The summed E-state index contributed by atoms with van der Waals surface area (Å²) in [4.78, 5) is 0.251. The van der Waals surface area contributed by atoms with Crippen molar-refractivity contribution in [2.24, 2.45) is 7.05 Å². The molecule has 0 amide bonds. The van der Waals surface area contributed by atoms with Gasteiger partial charge in [0.2, 0.25) is 10.0 Å². The molecular weight excluding hydrogens is 264 g/mol. The van der Waals surface area contributed by atoms with E-state index in [-0.39, 0.29) is 4.90 Å². The fourth-order valence-corrected chi connectivity index (χ4v) is 2.37. The minimum absolute atomic E-state index is 0.251. The lowest BCUT2D eigenvalue weighted by Crippen LogP contribution is -2.18. The highest BCUT2D eigenvalue weighted by Gasteiger charge is 2.10. The van der Waals surface area contributed by atoms with Crippen molar-refractivity contribution in [2.45, 2.75) is 11.4 Å². The predicted octanol–water partition coefficient (Wildman–Crippen LogP) is 0.940. The summed E-state index contributed by atoms with van der Waals surface area (Å²) in [6, 6.07) is 8.53. The Balaban J connectivity index is 2.06. The summed E-state index contributed by atoms with van der Waals surface area (Å²) in [6.45, 7) is 0.634. The molecule has 7 heteroatoms. The summed E-state index contributed by atoms with van der Waals surface area (Å²) in [5.41, 5.74) is 1.91. The first-order chi connectivity index (χ1) is 9.03. The Morgan fingerprint density at radius 2 is 1.89 bits per heavy atom. The Hall–Kier alpha value is -1.86. The Morgan fingerprint density at radius 1 is 1.21 bits per heavy atom.